The monoisotopic (exact) mass is 300 g/mol. The molecule has 1 unspecified atom stereocenters. The van der Waals surface area contributed by atoms with Crippen LogP contribution in [0.25, 0.3) is 0 Å². The van der Waals surface area contributed by atoms with Crippen LogP contribution < -0.4 is 10.0 Å². The molecule has 0 spiro atoms. The Labute approximate surface area is 119 Å². The number of esters is 1. The van der Waals surface area contributed by atoms with Crippen molar-refractivity contribution in [3.8, 4) is 0 Å². The summed E-state index contributed by atoms with van der Waals surface area (Å²) in [4.78, 5) is 11.7. The van der Waals surface area contributed by atoms with Gasteiger partial charge in [-0.3, -0.25) is 0 Å². The highest BCUT2D eigenvalue weighted by Crippen LogP contribution is 2.21. The Kier molecular flexibility index (Phi) is 5.52. The van der Waals surface area contributed by atoms with Crippen LogP contribution >= 0.6 is 0 Å². The molecule has 1 atom stereocenters. The summed E-state index contributed by atoms with van der Waals surface area (Å²) in [7, 11) is -0.838. The van der Waals surface area contributed by atoms with Crippen molar-refractivity contribution in [2.45, 2.75) is 31.2 Å². The zero-order chi connectivity index (χ0) is 15.3. The predicted octanol–water partition coefficient (Wildman–Crippen LogP) is 1.27. The first-order chi connectivity index (χ1) is 9.35. The van der Waals surface area contributed by atoms with E-state index in [9.17, 15) is 13.2 Å². The van der Waals surface area contributed by atoms with Crippen molar-refractivity contribution in [3.63, 3.8) is 0 Å². The highest BCUT2D eigenvalue weighted by molar-refractivity contribution is 7.89. The minimum absolute atomic E-state index is 0.146. The molecule has 0 amide bonds. The number of ether oxygens (including phenoxy) is 1. The van der Waals surface area contributed by atoms with Gasteiger partial charge in [0, 0.05) is 5.69 Å². The number of anilines is 1. The summed E-state index contributed by atoms with van der Waals surface area (Å²) in [5, 5.41) is 3.02. The second-order valence-corrected chi connectivity index (χ2v) is 6.20. The Morgan fingerprint density at radius 1 is 1.40 bits per heavy atom. The summed E-state index contributed by atoms with van der Waals surface area (Å²) < 4.78 is 30.5. The third kappa shape index (κ3) is 3.71. The third-order valence-corrected chi connectivity index (χ3v) is 4.42. The summed E-state index contributed by atoms with van der Waals surface area (Å²) in [5.74, 6) is -0.381. The number of aryl methyl sites for hydroxylation is 1. The molecule has 1 aromatic rings. The molecular formula is C13H20N2O4S. The van der Waals surface area contributed by atoms with E-state index >= 15 is 0 Å². The normalized spacial score (nSPS) is 12.8. The maximum atomic E-state index is 11.8. The van der Waals surface area contributed by atoms with Crippen LogP contribution in [0.3, 0.4) is 0 Å². The fourth-order valence-corrected chi connectivity index (χ4v) is 2.46. The van der Waals surface area contributed by atoms with Crippen molar-refractivity contribution in [2.75, 3.05) is 19.5 Å². The minimum atomic E-state index is -3.51. The number of methoxy groups -OCH3 is 1. The van der Waals surface area contributed by atoms with Gasteiger partial charge in [-0.1, -0.05) is 13.0 Å². The first kappa shape index (κ1) is 16.5. The topological polar surface area (TPSA) is 84.5 Å². The number of carbonyl (C=O) groups is 1. The number of hydrogen-bond acceptors (Lipinski definition) is 5. The fraction of sp³-hybridized carbons (Fsp3) is 0.462. The quantitative estimate of drug-likeness (QED) is 0.773. The molecule has 2 N–H and O–H groups in total. The van der Waals surface area contributed by atoms with Gasteiger partial charge in [0.05, 0.1) is 12.0 Å². The van der Waals surface area contributed by atoms with E-state index in [1.54, 1.807) is 6.07 Å². The van der Waals surface area contributed by atoms with Gasteiger partial charge in [-0.05, 0) is 38.1 Å². The summed E-state index contributed by atoms with van der Waals surface area (Å²) in [6.07, 6.45) is 0.537. The van der Waals surface area contributed by atoms with Crippen LogP contribution in [0.15, 0.2) is 23.1 Å². The third-order valence-electron chi connectivity index (χ3n) is 3.01. The predicted molar refractivity (Wildman–Crippen MR) is 77.1 cm³/mol. The molecule has 0 saturated carbocycles. The molecule has 1 rings (SSSR count). The number of benzene rings is 1. The second-order valence-electron chi connectivity index (χ2n) is 4.31. The Morgan fingerprint density at radius 2 is 2.05 bits per heavy atom. The molecule has 6 nitrogen and oxygen atoms in total. The van der Waals surface area contributed by atoms with Gasteiger partial charge in [-0.15, -0.1) is 0 Å². The largest absolute Gasteiger partial charge is 0.467 e. The fourth-order valence-electron chi connectivity index (χ4n) is 1.70. The van der Waals surface area contributed by atoms with E-state index in [0.29, 0.717) is 12.1 Å². The van der Waals surface area contributed by atoms with Crippen molar-refractivity contribution in [3.05, 3.63) is 23.8 Å². The average Bonchev–Trinajstić information content (AvgIpc) is 2.45. The summed E-state index contributed by atoms with van der Waals surface area (Å²) in [6.45, 7) is 3.68. The van der Waals surface area contributed by atoms with Crippen LogP contribution in [0.1, 0.15) is 18.9 Å². The van der Waals surface area contributed by atoms with Crippen molar-refractivity contribution in [1.29, 1.82) is 0 Å². The van der Waals surface area contributed by atoms with Crippen molar-refractivity contribution in [2.24, 2.45) is 0 Å². The first-order valence-electron chi connectivity index (χ1n) is 6.24. The van der Waals surface area contributed by atoms with E-state index in [4.69, 9.17) is 4.74 Å². The summed E-state index contributed by atoms with van der Waals surface area (Å²) in [6, 6.07) is 4.21. The first-order valence-corrected chi connectivity index (χ1v) is 7.72. The Hall–Kier alpha value is -1.60. The molecule has 0 aromatic heterocycles. The zero-order valence-corrected chi connectivity index (χ0v) is 12.9. The lowest BCUT2D eigenvalue weighted by molar-refractivity contribution is -0.141. The van der Waals surface area contributed by atoms with E-state index in [-0.39, 0.29) is 10.9 Å². The highest BCUT2D eigenvalue weighted by atomic mass is 32.2. The van der Waals surface area contributed by atoms with Crippen LogP contribution in [0.5, 0.6) is 0 Å². The van der Waals surface area contributed by atoms with E-state index in [0.717, 1.165) is 5.56 Å². The number of carbonyl (C=O) groups excluding carboxylic acids is 1. The Balaban J connectivity index is 3.12. The maximum absolute atomic E-state index is 11.8. The molecule has 7 heteroatoms. The summed E-state index contributed by atoms with van der Waals surface area (Å²) >= 11 is 0. The van der Waals surface area contributed by atoms with E-state index < -0.39 is 16.1 Å². The molecule has 0 aliphatic heterocycles. The number of sulfonamides is 1. The van der Waals surface area contributed by atoms with E-state index in [1.807, 2.05) is 13.8 Å². The smallest absolute Gasteiger partial charge is 0.328 e. The van der Waals surface area contributed by atoms with Crippen molar-refractivity contribution >= 4 is 21.7 Å². The lowest BCUT2D eigenvalue weighted by atomic mass is 10.1. The number of nitrogens with one attached hydrogen (secondary N) is 2. The second kappa shape index (κ2) is 6.71. The molecule has 1 aromatic carbocycles. The Bertz CT molecular complexity index is 584. The molecule has 0 fully saturated rings. The van der Waals surface area contributed by atoms with Gasteiger partial charge in [-0.25, -0.2) is 17.9 Å². The van der Waals surface area contributed by atoms with Crippen LogP contribution in [0, 0.1) is 6.92 Å². The van der Waals surface area contributed by atoms with E-state index in [2.05, 4.69) is 10.0 Å². The van der Waals surface area contributed by atoms with Crippen LogP contribution in [0.4, 0.5) is 5.69 Å². The minimum Gasteiger partial charge on any atom is -0.467 e. The lowest BCUT2D eigenvalue weighted by Crippen LogP contribution is -2.30. The molecule has 0 radical (unpaired) electrons. The molecule has 0 aliphatic carbocycles. The molecule has 0 aliphatic rings. The van der Waals surface area contributed by atoms with Crippen LogP contribution in [-0.2, 0) is 19.6 Å². The van der Waals surface area contributed by atoms with E-state index in [1.165, 1.54) is 26.3 Å². The van der Waals surface area contributed by atoms with Crippen molar-refractivity contribution < 1.29 is 17.9 Å². The molecule has 0 saturated heterocycles. The van der Waals surface area contributed by atoms with Gasteiger partial charge in [-0.2, -0.15) is 0 Å². The van der Waals surface area contributed by atoms with Gasteiger partial charge in [0.2, 0.25) is 10.0 Å². The van der Waals surface area contributed by atoms with Gasteiger partial charge >= 0.3 is 5.97 Å². The van der Waals surface area contributed by atoms with Crippen molar-refractivity contribution in [1.82, 2.24) is 4.72 Å². The van der Waals surface area contributed by atoms with Gasteiger partial charge in [0.1, 0.15) is 6.04 Å². The summed E-state index contributed by atoms with van der Waals surface area (Å²) in [5.41, 5.74) is 1.45. The van der Waals surface area contributed by atoms with Gasteiger partial charge < -0.3 is 10.1 Å². The standard InChI is InChI=1S/C13H20N2O4S/c1-5-11(13(16)19-4)15-12-8-10(7-6-9(12)2)20(17,18)14-3/h6-8,11,14-15H,5H2,1-4H3. The van der Waals surface area contributed by atoms with Crippen LogP contribution in [-0.4, -0.2) is 34.6 Å². The van der Waals surface area contributed by atoms with Crippen LogP contribution in [0.2, 0.25) is 0 Å². The zero-order valence-electron chi connectivity index (χ0n) is 12.1. The maximum Gasteiger partial charge on any atom is 0.328 e. The Morgan fingerprint density at radius 3 is 2.55 bits per heavy atom. The average molecular weight is 300 g/mol. The molecule has 112 valence electrons. The van der Waals surface area contributed by atoms with Gasteiger partial charge in [0.25, 0.3) is 0 Å². The SMILES string of the molecule is CCC(Nc1cc(S(=O)(=O)NC)ccc1C)C(=O)OC. The molecule has 0 heterocycles. The number of rotatable bonds is 6. The molecule has 20 heavy (non-hydrogen) atoms. The molecular weight excluding hydrogens is 280 g/mol. The highest BCUT2D eigenvalue weighted by Gasteiger charge is 2.19. The number of hydrogen-bond donors (Lipinski definition) is 2. The van der Waals surface area contributed by atoms with Gasteiger partial charge in [0.15, 0.2) is 0 Å². The lowest BCUT2D eigenvalue weighted by Gasteiger charge is -2.18. The molecule has 0 bridgehead atoms.